The molecule has 2 aromatic rings. The van der Waals surface area contributed by atoms with Gasteiger partial charge in [-0.3, -0.25) is 19.3 Å². The summed E-state index contributed by atoms with van der Waals surface area (Å²) in [6.07, 6.45) is 7.19. The molecule has 6 atom stereocenters. The number of hydrogen-bond acceptors (Lipinski definition) is 3. The van der Waals surface area contributed by atoms with Gasteiger partial charge >= 0.3 is 0 Å². The Labute approximate surface area is 193 Å². The van der Waals surface area contributed by atoms with Gasteiger partial charge in [-0.25, -0.2) is 0 Å². The zero-order valence-electron chi connectivity index (χ0n) is 19.0. The molecule has 2 bridgehead atoms. The molecule has 4 aliphatic carbocycles. The first-order valence-corrected chi connectivity index (χ1v) is 12.1. The lowest BCUT2D eigenvalue weighted by Gasteiger charge is -2.37. The average molecular weight is 441 g/mol. The van der Waals surface area contributed by atoms with Crippen LogP contribution in [0.4, 0.5) is 11.4 Å². The van der Waals surface area contributed by atoms with Gasteiger partial charge in [0.1, 0.15) is 0 Å². The average Bonchev–Trinajstić information content (AvgIpc) is 3.62. The topological polar surface area (TPSA) is 66.5 Å². The number of imide groups is 1. The van der Waals surface area contributed by atoms with Gasteiger partial charge < -0.3 is 5.32 Å². The summed E-state index contributed by atoms with van der Waals surface area (Å²) < 4.78 is 0. The van der Waals surface area contributed by atoms with Crippen LogP contribution in [0.3, 0.4) is 0 Å². The molecular formula is C28H28N2O3. The van der Waals surface area contributed by atoms with Crippen molar-refractivity contribution in [3.8, 4) is 0 Å². The van der Waals surface area contributed by atoms with Crippen LogP contribution < -0.4 is 10.2 Å². The Bertz CT molecular complexity index is 1140. The molecule has 2 aromatic carbocycles. The lowest BCUT2D eigenvalue weighted by Crippen LogP contribution is -2.40. The maximum Gasteiger partial charge on any atom is 0.255 e. The molecule has 5 aliphatic rings. The highest BCUT2D eigenvalue weighted by Crippen LogP contribution is 2.65. The van der Waals surface area contributed by atoms with Gasteiger partial charge in [0.25, 0.3) is 5.91 Å². The maximum atomic E-state index is 13.3. The van der Waals surface area contributed by atoms with Crippen LogP contribution in [0, 0.1) is 35.5 Å². The molecule has 5 nitrogen and oxygen atoms in total. The molecular weight excluding hydrogens is 412 g/mol. The minimum Gasteiger partial charge on any atom is -0.321 e. The van der Waals surface area contributed by atoms with Gasteiger partial charge in [-0.15, -0.1) is 0 Å². The summed E-state index contributed by atoms with van der Waals surface area (Å²) in [5.41, 5.74) is 4.17. The maximum absolute atomic E-state index is 13.3. The summed E-state index contributed by atoms with van der Waals surface area (Å²) in [5.74, 6) is 0.839. The Balaban J connectivity index is 1.23. The summed E-state index contributed by atoms with van der Waals surface area (Å²) in [6.45, 7) is 4.15. The molecule has 0 radical (unpaired) electrons. The number of aryl methyl sites for hydroxylation is 2. The largest absolute Gasteiger partial charge is 0.321 e. The van der Waals surface area contributed by atoms with E-state index in [-0.39, 0.29) is 41.4 Å². The van der Waals surface area contributed by atoms with Crippen molar-refractivity contribution in [3.05, 3.63) is 71.3 Å². The van der Waals surface area contributed by atoms with Gasteiger partial charge in [0.05, 0.1) is 17.5 Å². The number of nitrogens with zero attached hydrogens (tertiary/aromatic N) is 1. The quantitative estimate of drug-likeness (QED) is 0.545. The molecule has 1 saturated heterocycles. The van der Waals surface area contributed by atoms with Gasteiger partial charge in [0.15, 0.2) is 0 Å². The van der Waals surface area contributed by atoms with E-state index in [0.717, 1.165) is 36.1 Å². The first-order chi connectivity index (χ1) is 16.0. The van der Waals surface area contributed by atoms with Gasteiger partial charge in [-0.1, -0.05) is 44.2 Å². The molecule has 0 spiro atoms. The van der Waals surface area contributed by atoms with E-state index in [1.165, 1.54) is 4.90 Å². The molecule has 0 aromatic heterocycles. The number of para-hydroxylation sites is 1. The fourth-order valence-corrected chi connectivity index (χ4v) is 6.56. The summed E-state index contributed by atoms with van der Waals surface area (Å²) in [6, 6.07) is 13.0. The van der Waals surface area contributed by atoms with Gasteiger partial charge in [-0.05, 0) is 78.3 Å². The van der Waals surface area contributed by atoms with E-state index in [1.54, 1.807) is 24.3 Å². The van der Waals surface area contributed by atoms with Crippen molar-refractivity contribution >= 4 is 29.1 Å². The van der Waals surface area contributed by atoms with Crippen molar-refractivity contribution in [1.29, 1.82) is 0 Å². The Morgan fingerprint density at radius 3 is 1.94 bits per heavy atom. The van der Waals surface area contributed by atoms with Crippen molar-refractivity contribution in [1.82, 2.24) is 0 Å². The molecule has 1 aliphatic heterocycles. The predicted molar refractivity (Wildman–Crippen MR) is 127 cm³/mol. The van der Waals surface area contributed by atoms with Crippen LogP contribution in [-0.2, 0) is 22.4 Å². The monoisotopic (exact) mass is 440 g/mol. The van der Waals surface area contributed by atoms with Crippen LogP contribution in [0.5, 0.6) is 0 Å². The van der Waals surface area contributed by atoms with E-state index < -0.39 is 0 Å². The van der Waals surface area contributed by atoms with Gasteiger partial charge in [0.2, 0.25) is 11.8 Å². The molecule has 1 heterocycles. The van der Waals surface area contributed by atoms with E-state index >= 15 is 0 Å². The van der Waals surface area contributed by atoms with E-state index in [0.29, 0.717) is 23.1 Å². The van der Waals surface area contributed by atoms with E-state index in [1.807, 2.05) is 18.2 Å². The SMILES string of the molecule is CCc1cccc(CC)c1NC(=O)c1ccc(N2C(=O)[C@@H]3[C@H]4C=C[C@@H]([C@@H]5C[C@@H]45)[C@@H]3C2=O)cc1. The number of benzene rings is 2. The number of nitrogens with one attached hydrogen (secondary N) is 1. The number of anilines is 2. The molecule has 0 unspecified atom stereocenters. The second kappa shape index (κ2) is 7.41. The van der Waals surface area contributed by atoms with Crippen LogP contribution in [0.2, 0.25) is 0 Å². The number of carbonyl (C=O) groups excluding carboxylic acids is 3. The molecule has 3 fully saturated rings. The highest BCUT2D eigenvalue weighted by atomic mass is 16.2. The summed E-state index contributed by atoms with van der Waals surface area (Å²) >= 11 is 0. The second-order valence-corrected chi connectivity index (χ2v) is 9.83. The lowest BCUT2D eigenvalue weighted by atomic mass is 9.63. The number of hydrogen-bond donors (Lipinski definition) is 1. The first kappa shape index (κ1) is 20.4. The predicted octanol–water partition coefficient (Wildman–Crippen LogP) is 4.62. The summed E-state index contributed by atoms with van der Waals surface area (Å²) in [4.78, 5) is 41.0. The molecule has 7 rings (SSSR count). The van der Waals surface area contributed by atoms with Crippen LogP contribution in [0.15, 0.2) is 54.6 Å². The number of amides is 3. The summed E-state index contributed by atoms with van der Waals surface area (Å²) in [5, 5.41) is 3.08. The van der Waals surface area contributed by atoms with E-state index in [4.69, 9.17) is 0 Å². The second-order valence-electron chi connectivity index (χ2n) is 9.83. The smallest absolute Gasteiger partial charge is 0.255 e. The van der Waals surface area contributed by atoms with Gasteiger partial charge in [-0.2, -0.15) is 0 Å². The third-order valence-electron chi connectivity index (χ3n) is 8.29. The van der Waals surface area contributed by atoms with Crippen molar-refractivity contribution in [2.75, 3.05) is 10.2 Å². The normalized spacial score (nSPS) is 30.9. The van der Waals surface area contributed by atoms with Crippen LogP contribution in [-0.4, -0.2) is 17.7 Å². The Morgan fingerprint density at radius 1 is 0.879 bits per heavy atom. The minimum atomic E-state index is -0.211. The van der Waals surface area contributed by atoms with Gasteiger partial charge in [0, 0.05) is 11.3 Å². The number of rotatable bonds is 5. The third-order valence-corrected chi connectivity index (χ3v) is 8.29. The standard InChI is InChI=1S/C28H28N2O3/c1-3-15-6-5-7-16(4-2)25(15)29-26(31)17-8-10-18(11-9-17)30-27(32)23-19-12-13-20(22-14-21(19)22)24(23)28(30)33/h5-13,19-24H,3-4,14H2,1-2H3,(H,29,31)/t19-,20-,21-,22-,23-,24+/m0/s1. The van der Waals surface area contributed by atoms with Crippen molar-refractivity contribution < 1.29 is 14.4 Å². The molecule has 33 heavy (non-hydrogen) atoms. The molecule has 168 valence electrons. The number of carbonyl (C=O) groups is 3. The Morgan fingerprint density at radius 2 is 1.42 bits per heavy atom. The van der Waals surface area contributed by atoms with Crippen molar-refractivity contribution in [2.24, 2.45) is 35.5 Å². The lowest BCUT2D eigenvalue weighted by molar-refractivity contribution is -0.124. The molecule has 2 saturated carbocycles. The molecule has 1 N–H and O–H groups in total. The fourth-order valence-electron chi connectivity index (χ4n) is 6.56. The van der Waals surface area contributed by atoms with Crippen LogP contribution >= 0.6 is 0 Å². The van der Waals surface area contributed by atoms with Crippen molar-refractivity contribution in [3.63, 3.8) is 0 Å². The minimum absolute atomic E-state index is 0.0728. The number of allylic oxidation sites excluding steroid dienone is 2. The van der Waals surface area contributed by atoms with E-state index in [2.05, 4.69) is 31.3 Å². The highest BCUT2D eigenvalue weighted by molar-refractivity contribution is 6.22. The molecule has 5 heteroatoms. The Kier molecular flexibility index (Phi) is 4.58. The van der Waals surface area contributed by atoms with Crippen LogP contribution in [0.25, 0.3) is 0 Å². The highest BCUT2D eigenvalue weighted by Gasteiger charge is 2.67. The fraction of sp³-hybridized carbons (Fsp3) is 0.393. The van der Waals surface area contributed by atoms with E-state index in [9.17, 15) is 14.4 Å². The zero-order valence-corrected chi connectivity index (χ0v) is 19.0. The van der Waals surface area contributed by atoms with Crippen LogP contribution in [0.1, 0.15) is 41.8 Å². The summed E-state index contributed by atoms with van der Waals surface area (Å²) in [7, 11) is 0. The first-order valence-electron chi connectivity index (χ1n) is 12.1. The third kappa shape index (κ3) is 2.94. The molecule has 3 amide bonds. The van der Waals surface area contributed by atoms with Crippen molar-refractivity contribution in [2.45, 2.75) is 33.1 Å². The Hall–Kier alpha value is -3.21. The zero-order chi connectivity index (χ0) is 22.9.